The van der Waals surface area contributed by atoms with Crippen molar-refractivity contribution in [2.24, 2.45) is 0 Å². The van der Waals surface area contributed by atoms with Crippen LogP contribution in [0.15, 0.2) is 24.3 Å². The van der Waals surface area contributed by atoms with Gasteiger partial charge in [-0.1, -0.05) is 31.5 Å². The minimum absolute atomic E-state index is 0.492. The first-order valence-corrected chi connectivity index (χ1v) is 5.71. The highest BCUT2D eigenvalue weighted by molar-refractivity contribution is 5.64. The Morgan fingerprint density at radius 1 is 1.12 bits per heavy atom. The molecule has 2 nitrogen and oxygen atoms in total. The summed E-state index contributed by atoms with van der Waals surface area (Å²) in [5.74, 6) is 0.492. The van der Waals surface area contributed by atoms with Crippen molar-refractivity contribution in [2.75, 3.05) is 0 Å². The van der Waals surface area contributed by atoms with Gasteiger partial charge in [0.15, 0.2) is 0 Å². The van der Waals surface area contributed by atoms with Gasteiger partial charge in [-0.05, 0) is 37.5 Å². The Morgan fingerprint density at radius 3 is 2.50 bits per heavy atom. The number of hydrogen-bond donors (Lipinski definition) is 1. The summed E-state index contributed by atoms with van der Waals surface area (Å²) in [5, 5.41) is 7.48. The van der Waals surface area contributed by atoms with E-state index in [2.05, 4.69) is 62.2 Å². The molecule has 0 aliphatic carbocycles. The van der Waals surface area contributed by atoms with Gasteiger partial charge in [0, 0.05) is 11.3 Å². The number of aromatic nitrogens is 2. The Labute approximate surface area is 96.7 Å². The van der Waals surface area contributed by atoms with Crippen LogP contribution < -0.4 is 0 Å². The van der Waals surface area contributed by atoms with E-state index in [9.17, 15) is 0 Å². The zero-order valence-corrected chi connectivity index (χ0v) is 10.3. The zero-order valence-electron chi connectivity index (χ0n) is 10.3. The number of nitrogens with one attached hydrogen (secondary N) is 1. The molecule has 2 rings (SSSR count). The molecule has 84 valence electrons. The van der Waals surface area contributed by atoms with Crippen molar-refractivity contribution in [3.8, 4) is 11.3 Å². The quantitative estimate of drug-likeness (QED) is 0.809. The van der Waals surface area contributed by atoms with E-state index in [1.54, 1.807) is 0 Å². The minimum Gasteiger partial charge on any atom is -0.282 e. The van der Waals surface area contributed by atoms with Gasteiger partial charge in [-0.15, -0.1) is 0 Å². The Bertz CT molecular complexity index is 495. The van der Waals surface area contributed by atoms with Gasteiger partial charge in [0.05, 0.1) is 5.69 Å². The highest BCUT2D eigenvalue weighted by Crippen LogP contribution is 2.25. The van der Waals surface area contributed by atoms with Crippen LogP contribution in [0.2, 0.25) is 0 Å². The van der Waals surface area contributed by atoms with E-state index in [-0.39, 0.29) is 0 Å². The molecule has 0 saturated heterocycles. The molecule has 0 amide bonds. The first kappa shape index (κ1) is 10.9. The molecule has 0 spiro atoms. The lowest BCUT2D eigenvalue weighted by Gasteiger charge is -2.03. The highest BCUT2D eigenvalue weighted by atomic mass is 15.1. The van der Waals surface area contributed by atoms with Crippen LogP contribution in [0.5, 0.6) is 0 Å². The van der Waals surface area contributed by atoms with Crippen molar-refractivity contribution >= 4 is 0 Å². The highest BCUT2D eigenvalue weighted by Gasteiger charge is 2.08. The fourth-order valence-corrected chi connectivity index (χ4v) is 1.78. The minimum atomic E-state index is 0.492. The van der Waals surface area contributed by atoms with Crippen molar-refractivity contribution < 1.29 is 0 Å². The Kier molecular flexibility index (Phi) is 2.82. The van der Waals surface area contributed by atoms with Gasteiger partial charge in [0.25, 0.3) is 0 Å². The maximum atomic E-state index is 4.38. The van der Waals surface area contributed by atoms with Crippen molar-refractivity contribution in [2.45, 2.75) is 33.6 Å². The molecule has 0 radical (unpaired) electrons. The molecule has 0 bridgehead atoms. The van der Waals surface area contributed by atoms with Crippen LogP contribution in [0, 0.1) is 13.8 Å². The molecule has 0 aliphatic heterocycles. The molecule has 16 heavy (non-hydrogen) atoms. The standard InChI is InChI=1S/C14H18N2/c1-9(2)13-8-14(16-15-13)12-7-10(3)5-6-11(12)4/h5-9H,1-4H3,(H,15,16). The van der Waals surface area contributed by atoms with Crippen molar-refractivity contribution in [1.29, 1.82) is 0 Å². The fraction of sp³-hybridized carbons (Fsp3) is 0.357. The predicted molar refractivity (Wildman–Crippen MR) is 67.6 cm³/mol. The molecule has 1 aromatic carbocycles. The molecule has 0 saturated carbocycles. The Balaban J connectivity index is 2.46. The molecule has 0 unspecified atom stereocenters. The first-order chi connectivity index (χ1) is 7.58. The average Bonchev–Trinajstić information content (AvgIpc) is 2.70. The SMILES string of the molecule is Cc1ccc(C)c(-c2cc(C(C)C)[nH]n2)c1. The summed E-state index contributed by atoms with van der Waals surface area (Å²) in [6, 6.07) is 8.62. The lowest BCUT2D eigenvalue weighted by Crippen LogP contribution is -1.85. The maximum absolute atomic E-state index is 4.38. The van der Waals surface area contributed by atoms with Gasteiger partial charge >= 0.3 is 0 Å². The van der Waals surface area contributed by atoms with Crippen LogP contribution in [-0.4, -0.2) is 10.2 Å². The van der Waals surface area contributed by atoms with Gasteiger partial charge in [-0.2, -0.15) is 5.10 Å². The third-order valence-electron chi connectivity index (χ3n) is 2.89. The third-order valence-corrected chi connectivity index (χ3v) is 2.89. The van der Waals surface area contributed by atoms with E-state index >= 15 is 0 Å². The van der Waals surface area contributed by atoms with Gasteiger partial charge in [0.2, 0.25) is 0 Å². The lowest BCUT2D eigenvalue weighted by molar-refractivity contribution is 0.811. The second-order valence-corrected chi connectivity index (χ2v) is 4.68. The van der Waals surface area contributed by atoms with Gasteiger partial charge in [-0.3, -0.25) is 5.10 Å². The smallest absolute Gasteiger partial charge is 0.0926 e. The molecular weight excluding hydrogens is 196 g/mol. The number of benzene rings is 1. The number of aromatic amines is 1. The van der Waals surface area contributed by atoms with E-state index in [1.807, 2.05) is 0 Å². The average molecular weight is 214 g/mol. The number of hydrogen-bond acceptors (Lipinski definition) is 1. The molecule has 2 aromatic rings. The first-order valence-electron chi connectivity index (χ1n) is 5.71. The van der Waals surface area contributed by atoms with Crippen LogP contribution in [0.25, 0.3) is 11.3 Å². The lowest BCUT2D eigenvalue weighted by atomic mass is 10.0. The van der Waals surface area contributed by atoms with Crippen LogP contribution in [0.1, 0.15) is 36.6 Å². The fourth-order valence-electron chi connectivity index (χ4n) is 1.78. The number of H-pyrrole nitrogens is 1. The molecule has 2 heteroatoms. The van der Waals surface area contributed by atoms with Crippen molar-refractivity contribution in [3.05, 3.63) is 41.1 Å². The number of rotatable bonds is 2. The summed E-state index contributed by atoms with van der Waals surface area (Å²) >= 11 is 0. The number of aryl methyl sites for hydroxylation is 2. The van der Waals surface area contributed by atoms with Crippen LogP contribution >= 0.6 is 0 Å². The normalized spacial score (nSPS) is 11.1. The maximum Gasteiger partial charge on any atom is 0.0926 e. The Hall–Kier alpha value is -1.57. The monoisotopic (exact) mass is 214 g/mol. The topological polar surface area (TPSA) is 28.7 Å². The van der Waals surface area contributed by atoms with Crippen molar-refractivity contribution in [3.63, 3.8) is 0 Å². The molecule has 0 fully saturated rings. The molecule has 1 N–H and O–H groups in total. The van der Waals surface area contributed by atoms with E-state index in [0.29, 0.717) is 5.92 Å². The van der Waals surface area contributed by atoms with E-state index in [4.69, 9.17) is 0 Å². The second-order valence-electron chi connectivity index (χ2n) is 4.68. The predicted octanol–water partition coefficient (Wildman–Crippen LogP) is 3.82. The summed E-state index contributed by atoms with van der Waals surface area (Å²) < 4.78 is 0. The van der Waals surface area contributed by atoms with Gasteiger partial charge in [-0.25, -0.2) is 0 Å². The second kappa shape index (κ2) is 4.12. The van der Waals surface area contributed by atoms with Gasteiger partial charge in [0.1, 0.15) is 0 Å². The summed E-state index contributed by atoms with van der Waals surface area (Å²) in [6.45, 7) is 8.57. The van der Waals surface area contributed by atoms with Crippen LogP contribution in [0.4, 0.5) is 0 Å². The van der Waals surface area contributed by atoms with E-state index in [1.165, 1.54) is 22.4 Å². The number of nitrogens with zero attached hydrogens (tertiary/aromatic N) is 1. The molecule has 1 heterocycles. The van der Waals surface area contributed by atoms with E-state index < -0.39 is 0 Å². The van der Waals surface area contributed by atoms with Crippen molar-refractivity contribution in [1.82, 2.24) is 10.2 Å². The molecule has 1 aromatic heterocycles. The largest absolute Gasteiger partial charge is 0.282 e. The Morgan fingerprint density at radius 2 is 1.88 bits per heavy atom. The van der Waals surface area contributed by atoms with Crippen LogP contribution in [0.3, 0.4) is 0 Å². The third kappa shape index (κ3) is 2.01. The summed E-state index contributed by atoms with van der Waals surface area (Å²) in [5.41, 5.74) is 6.01. The molecular formula is C14H18N2. The summed E-state index contributed by atoms with van der Waals surface area (Å²) in [6.07, 6.45) is 0. The molecule has 0 atom stereocenters. The molecule has 0 aliphatic rings. The van der Waals surface area contributed by atoms with Gasteiger partial charge < -0.3 is 0 Å². The summed E-state index contributed by atoms with van der Waals surface area (Å²) in [7, 11) is 0. The van der Waals surface area contributed by atoms with Crippen LogP contribution in [-0.2, 0) is 0 Å². The zero-order chi connectivity index (χ0) is 11.7. The summed E-state index contributed by atoms with van der Waals surface area (Å²) in [4.78, 5) is 0. The van der Waals surface area contributed by atoms with E-state index in [0.717, 1.165) is 5.69 Å².